The van der Waals surface area contributed by atoms with Crippen LogP contribution in [0.1, 0.15) is 0 Å². The Hall–Kier alpha value is -4.78. The van der Waals surface area contributed by atoms with Gasteiger partial charge < -0.3 is 0 Å². The van der Waals surface area contributed by atoms with E-state index < -0.39 is 0 Å². The summed E-state index contributed by atoms with van der Waals surface area (Å²) in [4.78, 5) is 19.6. The highest BCUT2D eigenvalue weighted by Gasteiger charge is 2.16. The molecule has 3 heterocycles. The van der Waals surface area contributed by atoms with Crippen molar-refractivity contribution in [2.75, 3.05) is 0 Å². The van der Waals surface area contributed by atoms with Crippen LogP contribution in [-0.2, 0) is 0 Å². The summed E-state index contributed by atoms with van der Waals surface area (Å²) < 4.78 is 3.47. The lowest BCUT2D eigenvalue weighted by atomic mass is 9.98. The molecule has 0 aliphatic carbocycles. The second-order valence-electron chi connectivity index (χ2n) is 10.1. The first-order valence-electron chi connectivity index (χ1n) is 13.6. The van der Waals surface area contributed by atoms with Crippen molar-refractivity contribution in [3.63, 3.8) is 0 Å². The number of hydrogen-bond acceptors (Lipinski definition) is 5. The zero-order valence-electron chi connectivity index (χ0n) is 22.2. The van der Waals surface area contributed by atoms with Crippen LogP contribution in [-0.4, -0.2) is 19.9 Å². The maximum atomic E-state index is 5.06. The fourth-order valence-corrected chi connectivity index (χ4v) is 7.02. The SMILES string of the molecule is Brc1cc(-c2nc(-c3ccccc3)nc(-c3ccc4sc5ccccc5c4c3)n2)cc(-c2cccc3ncccc23)c1. The fraction of sp³-hybridized carbons (Fsp3) is 0. The van der Waals surface area contributed by atoms with Crippen LogP contribution in [0.3, 0.4) is 0 Å². The van der Waals surface area contributed by atoms with Gasteiger partial charge in [-0.2, -0.15) is 0 Å². The molecular formula is C36H21BrN4S. The predicted octanol–water partition coefficient (Wildman–Crippen LogP) is 10.2. The Morgan fingerprint density at radius 1 is 0.476 bits per heavy atom. The second-order valence-corrected chi connectivity index (χ2v) is 12.1. The van der Waals surface area contributed by atoms with Crippen molar-refractivity contribution in [3.05, 3.63) is 132 Å². The van der Waals surface area contributed by atoms with E-state index in [2.05, 4.69) is 93.7 Å². The Morgan fingerprint density at radius 2 is 1.19 bits per heavy atom. The molecule has 0 aliphatic rings. The number of hydrogen-bond donors (Lipinski definition) is 0. The van der Waals surface area contributed by atoms with Crippen molar-refractivity contribution >= 4 is 58.3 Å². The van der Waals surface area contributed by atoms with Crippen LogP contribution in [0.25, 0.3) is 76.4 Å². The highest BCUT2D eigenvalue weighted by Crippen LogP contribution is 2.37. The third-order valence-corrected chi connectivity index (χ3v) is 9.02. The summed E-state index contributed by atoms with van der Waals surface area (Å²) in [6.45, 7) is 0. The monoisotopic (exact) mass is 620 g/mol. The molecule has 0 N–H and O–H groups in total. The van der Waals surface area contributed by atoms with E-state index >= 15 is 0 Å². The summed E-state index contributed by atoms with van der Waals surface area (Å²) in [7, 11) is 0. The zero-order chi connectivity index (χ0) is 28.0. The molecule has 0 saturated carbocycles. The van der Waals surface area contributed by atoms with Crippen LogP contribution in [0.2, 0.25) is 0 Å². The summed E-state index contributed by atoms with van der Waals surface area (Å²) in [6.07, 6.45) is 1.83. The minimum absolute atomic E-state index is 0.620. The first-order chi connectivity index (χ1) is 20.7. The van der Waals surface area contributed by atoms with Crippen molar-refractivity contribution in [3.8, 4) is 45.3 Å². The standard InChI is InChI=1S/C36H21BrN4S/c37-26-19-24(27-11-6-13-31-28(27)12-7-17-38-31)18-25(20-26)36-40-34(22-8-2-1-3-9-22)39-35(41-36)23-15-16-33-30(21-23)29-10-4-5-14-32(29)42-33/h1-21H. The number of aromatic nitrogens is 4. The molecule has 3 aromatic heterocycles. The molecule has 0 radical (unpaired) electrons. The fourth-order valence-electron chi connectivity index (χ4n) is 5.44. The van der Waals surface area contributed by atoms with Gasteiger partial charge in [0.2, 0.25) is 0 Å². The maximum absolute atomic E-state index is 5.06. The van der Waals surface area contributed by atoms with E-state index in [1.54, 1.807) is 11.3 Å². The van der Waals surface area contributed by atoms with Gasteiger partial charge in [-0.15, -0.1) is 11.3 Å². The normalized spacial score (nSPS) is 11.5. The van der Waals surface area contributed by atoms with Crippen LogP contribution >= 0.6 is 27.3 Å². The number of thiophene rings is 1. The van der Waals surface area contributed by atoms with Gasteiger partial charge in [0.05, 0.1) is 5.52 Å². The predicted molar refractivity (Wildman–Crippen MR) is 177 cm³/mol. The maximum Gasteiger partial charge on any atom is 0.164 e. The van der Waals surface area contributed by atoms with Crippen LogP contribution in [0.5, 0.6) is 0 Å². The highest BCUT2D eigenvalue weighted by molar-refractivity contribution is 9.10. The van der Waals surface area contributed by atoms with Crippen molar-refractivity contribution in [2.45, 2.75) is 0 Å². The Labute approximate surface area is 254 Å². The van der Waals surface area contributed by atoms with Gasteiger partial charge >= 0.3 is 0 Å². The van der Waals surface area contributed by atoms with Crippen LogP contribution in [0.4, 0.5) is 0 Å². The second kappa shape index (κ2) is 10.2. The Bertz CT molecular complexity index is 2270. The lowest BCUT2D eigenvalue weighted by Gasteiger charge is -2.11. The quantitative estimate of drug-likeness (QED) is 0.196. The molecule has 4 nitrogen and oxygen atoms in total. The summed E-state index contributed by atoms with van der Waals surface area (Å²) in [5, 5.41) is 3.56. The van der Waals surface area contributed by atoms with E-state index in [1.807, 2.05) is 54.7 Å². The molecule has 0 atom stereocenters. The number of rotatable bonds is 4. The van der Waals surface area contributed by atoms with Gasteiger partial charge in [0, 0.05) is 52.9 Å². The topological polar surface area (TPSA) is 51.6 Å². The highest BCUT2D eigenvalue weighted by atomic mass is 79.9. The molecule has 0 amide bonds. The first kappa shape index (κ1) is 25.0. The number of nitrogens with zero attached hydrogens (tertiary/aromatic N) is 4. The average Bonchev–Trinajstić information content (AvgIpc) is 3.42. The van der Waals surface area contributed by atoms with E-state index in [0.717, 1.165) is 43.2 Å². The minimum atomic E-state index is 0.620. The molecular weight excluding hydrogens is 600 g/mol. The third kappa shape index (κ3) is 4.45. The van der Waals surface area contributed by atoms with Gasteiger partial charge in [-0.3, -0.25) is 4.98 Å². The lowest BCUT2D eigenvalue weighted by molar-refractivity contribution is 1.07. The van der Waals surface area contributed by atoms with Crippen LogP contribution in [0, 0.1) is 0 Å². The van der Waals surface area contributed by atoms with Gasteiger partial charge in [0.25, 0.3) is 0 Å². The molecule has 0 unspecified atom stereocenters. The van der Waals surface area contributed by atoms with Gasteiger partial charge in [-0.1, -0.05) is 82.7 Å². The Morgan fingerprint density at radius 3 is 2.07 bits per heavy atom. The Balaban J connectivity index is 1.33. The van der Waals surface area contributed by atoms with E-state index in [4.69, 9.17) is 15.0 Å². The summed E-state index contributed by atoms with van der Waals surface area (Å²) in [5.74, 6) is 1.91. The van der Waals surface area contributed by atoms with Gasteiger partial charge in [0.15, 0.2) is 17.5 Å². The molecule has 198 valence electrons. The number of benzene rings is 5. The van der Waals surface area contributed by atoms with Crippen molar-refractivity contribution in [1.82, 2.24) is 19.9 Å². The van der Waals surface area contributed by atoms with Gasteiger partial charge in [-0.25, -0.2) is 15.0 Å². The lowest BCUT2D eigenvalue weighted by Crippen LogP contribution is -2.00. The molecule has 8 aromatic rings. The number of fused-ring (bicyclic) bond motifs is 4. The van der Waals surface area contributed by atoms with E-state index in [9.17, 15) is 0 Å². The van der Waals surface area contributed by atoms with Crippen LogP contribution < -0.4 is 0 Å². The van der Waals surface area contributed by atoms with Gasteiger partial charge in [0.1, 0.15) is 0 Å². The molecule has 0 saturated heterocycles. The molecule has 8 rings (SSSR count). The summed E-state index contributed by atoms with van der Waals surface area (Å²) in [5.41, 5.74) is 5.94. The number of pyridine rings is 1. The van der Waals surface area contributed by atoms with Crippen molar-refractivity contribution < 1.29 is 0 Å². The van der Waals surface area contributed by atoms with Crippen LogP contribution in [0.15, 0.2) is 132 Å². The number of halogens is 1. The smallest absolute Gasteiger partial charge is 0.164 e. The summed E-state index contributed by atoms with van der Waals surface area (Å²) in [6, 6.07) is 41.7. The van der Waals surface area contributed by atoms with Gasteiger partial charge in [-0.05, 0) is 65.7 Å². The van der Waals surface area contributed by atoms with E-state index in [-0.39, 0.29) is 0 Å². The average molecular weight is 622 g/mol. The largest absolute Gasteiger partial charge is 0.256 e. The third-order valence-electron chi connectivity index (χ3n) is 7.41. The first-order valence-corrected chi connectivity index (χ1v) is 15.2. The summed E-state index contributed by atoms with van der Waals surface area (Å²) >= 11 is 5.56. The molecule has 6 heteroatoms. The Kier molecular flexibility index (Phi) is 6.09. The van der Waals surface area contributed by atoms with Crippen molar-refractivity contribution in [2.24, 2.45) is 0 Å². The molecule has 0 bridgehead atoms. The molecule has 0 fully saturated rings. The zero-order valence-corrected chi connectivity index (χ0v) is 24.6. The van der Waals surface area contributed by atoms with E-state index in [0.29, 0.717) is 17.5 Å². The van der Waals surface area contributed by atoms with E-state index in [1.165, 1.54) is 20.2 Å². The van der Waals surface area contributed by atoms with Crippen molar-refractivity contribution in [1.29, 1.82) is 0 Å². The molecule has 0 spiro atoms. The molecule has 42 heavy (non-hydrogen) atoms. The molecule has 5 aromatic carbocycles. The molecule has 0 aliphatic heterocycles. The minimum Gasteiger partial charge on any atom is -0.256 e.